The lowest BCUT2D eigenvalue weighted by atomic mass is 9.39. The highest BCUT2D eigenvalue weighted by Crippen LogP contribution is 2.72. The van der Waals surface area contributed by atoms with Gasteiger partial charge in [0.2, 0.25) is 11.8 Å². The predicted molar refractivity (Wildman–Crippen MR) is 342 cm³/mol. The Bertz CT molecular complexity index is 3780. The van der Waals surface area contributed by atoms with Crippen LogP contribution < -0.4 is 26.6 Å². The Balaban J connectivity index is 0.736. The number of aliphatic hydroxyl groups is 3. The van der Waals surface area contributed by atoms with Gasteiger partial charge in [0, 0.05) is 61.3 Å². The zero-order valence-corrected chi connectivity index (χ0v) is 53.6. The fourth-order valence-corrected chi connectivity index (χ4v) is 16.7. The van der Waals surface area contributed by atoms with Crippen molar-refractivity contribution in [2.75, 3.05) is 42.3 Å². The van der Waals surface area contributed by atoms with Gasteiger partial charge in [-0.05, 0) is 159 Å². The molecule has 6 aromatic rings. The standard InChI is InChI=1S/C67H82N10O14S/c1-36(2)51(68)59(83)70-37(3)57(81)71-42-17-15-41(40(25-42)16-19-48-53(78)54(79)55(80)56(91-48)61(86)87)28-89-63(88)75(7)23-24-90-67-32-64(5)29-65(6,33-67)31-66(30-64,34-67)35-77-38(4)45(26-69-77)43-18-20-50(73-52(43)60(84)85)76-22-21-39-11-10-12-44(46(39)27-76)58(82)74-62-72-47-13-8-9-14-49(47)92-62/h8-15,17-18,20,25-26,36-37,48,51,53-56,78-80H,16,19,21-24,27-35,68H2,1-7H3,(H,70,83)(H,71,81)(H,84,85)(H,86,87)(H,72,74,82)/t37-,48-,51-,53-,54+,55-,56-,64?,65?,66?,67?/m0/s1. The molecule has 5 fully saturated rings. The number of carboxylic acid groups (broad SMARTS) is 2. The summed E-state index contributed by atoms with van der Waals surface area (Å²) in [7, 11) is 1.62. The number of nitrogens with one attached hydrogen (secondary N) is 3. The van der Waals surface area contributed by atoms with Crippen LogP contribution in [0.4, 0.5) is 21.4 Å². The topological polar surface area (TPSA) is 343 Å². The van der Waals surface area contributed by atoms with Crippen molar-refractivity contribution in [3.63, 3.8) is 0 Å². The number of amides is 4. The van der Waals surface area contributed by atoms with Crippen molar-refractivity contribution in [2.24, 2.45) is 27.9 Å². The molecule has 2 aliphatic heterocycles. The minimum Gasteiger partial charge on any atom is -0.479 e. The average molecular weight is 1280 g/mol. The van der Waals surface area contributed by atoms with Crippen molar-refractivity contribution in [1.29, 1.82) is 0 Å². The first-order valence-corrected chi connectivity index (χ1v) is 32.2. The number of anilines is 3. The quantitative estimate of drug-likeness (QED) is 0.0328. The number of hydrogen-bond acceptors (Lipinski definition) is 18. The second-order valence-electron chi connectivity index (χ2n) is 27.3. The van der Waals surface area contributed by atoms with Crippen molar-refractivity contribution < 1.29 is 68.5 Å². The molecule has 4 bridgehead atoms. The highest BCUT2D eigenvalue weighted by Gasteiger charge is 2.66. The number of aliphatic carboxylic acids is 1. The van der Waals surface area contributed by atoms with E-state index in [-0.39, 0.29) is 66.4 Å². The number of para-hydroxylation sites is 1. The molecule has 24 nitrogen and oxygen atoms in total. The molecule has 4 saturated carbocycles. The molecule has 25 heteroatoms. The van der Waals surface area contributed by atoms with Crippen LogP contribution in [0.15, 0.2) is 79.0 Å². The molecule has 2 unspecified atom stereocenters. The molecular weight excluding hydrogens is 1200 g/mol. The minimum absolute atomic E-state index is 0.0313. The summed E-state index contributed by atoms with van der Waals surface area (Å²) < 4.78 is 21.4. The van der Waals surface area contributed by atoms with Gasteiger partial charge in [0.05, 0.1) is 40.8 Å². The van der Waals surface area contributed by atoms with E-state index in [9.17, 15) is 54.3 Å². The molecule has 0 spiro atoms. The third kappa shape index (κ3) is 13.6. The van der Waals surface area contributed by atoms with Gasteiger partial charge in [-0.25, -0.2) is 24.4 Å². The Hall–Kier alpha value is -7.91. The number of carboxylic acids is 2. The number of hydrogen-bond donors (Lipinski definition) is 9. The summed E-state index contributed by atoms with van der Waals surface area (Å²) >= 11 is 1.41. The van der Waals surface area contributed by atoms with Gasteiger partial charge in [0.1, 0.15) is 36.8 Å². The number of ether oxygens (including phenoxy) is 3. The summed E-state index contributed by atoms with van der Waals surface area (Å²) in [4.78, 5) is 91.4. The number of aromatic carboxylic acids is 1. The molecule has 1 saturated heterocycles. The molecule has 10 N–H and O–H groups in total. The highest BCUT2D eigenvalue weighted by molar-refractivity contribution is 7.22. The minimum atomic E-state index is -1.87. The van der Waals surface area contributed by atoms with Crippen molar-refractivity contribution in [2.45, 2.75) is 167 Å². The Labute approximate surface area is 536 Å². The van der Waals surface area contributed by atoms with Crippen LogP contribution in [0.1, 0.15) is 128 Å². The van der Waals surface area contributed by atoms with Crippen molar-refractivity contribution in [1.82, 2.24) is 30.0 Å². The summed E-state index contributed by atoms with van der Waals surface area (Å²) in [5, 5.41) is 65.9. The second-order valence-corrected chi connectivity index (χ2v) is 28.4. The van der Waals surface area contributed by atoms with E-state index in [0.29, 0.717) is 70.5 Å². The SMILES string of the molecule is Cc1c(-c2ccc(N3CCc4cccc(C(=O)Nc5nc6ccccc6s5)c4C3)nc2C(=O)O)cnn1CC12CC3(C)CC(C)(C1)CC(OCCN(C)C(=O)OCc1ccc(NC(=O)[C@H](C)NC(=O)[C@@H](N)C(C)C)cc1CC[C@@H]1O[C@H](C(=O)O)[C@@H](O)[C@H](O)[C@H]1O)(C3)C2. The van der Waals surface area contributed by atoms with E-state index in [1.165, 1.54) is 23.2 Å². The Morgan fingerprint density at radius 1 is 0.848 bits per heavy atom. The van der Waals surface area contributed by atoms with Gasteiger partial charge in [-0.15, -0.1) is 0 Å². The van der Waals surface area contributed by atoms with Gasteiger partial charge in [0.25, 0.3) is 5.91 Å². The summed E-state index contributed by atoms with van der Waals surface area (Å²) in [6.45, 7) is 13.5. The van der Waals surface area contributed by atoms with E-state index in [1.807, 2.05) is 65.0 Å². The maximum Gasteiger partial charge on any atom is 0.409 e. The molecule has 6 aliphatic rings. The Kier molecular flexibility index (Phi) is 18.4. The van der Waals surface area contributed by atoms with E-state index in [4.69, 9.17) is 30.0 Å². The number of carbonyl (C=O) groups excluding carboxylic acids is 4. The Morgan fingerprint density at radius 3 is 2.32 bits per heavy atom. The van der Waals surface area contributed by atoms with E-state index < -0.39 is 78.1 Å². The normalized spacial score (nSPS) is 26.3. The molecule has 3 aromatic carbocycles. The van der Waals surface area contributed by atoms with Crippen LogP contribution >= 0.6 is 11.3 Å². The average Bonchev–Trinajstić information content (AvgIpc) is 0.788. The second kappa shape index (κ2) is 25.9. The Morgan fingerprint density at radius 2 is 1.60 bits per heavy atom. The molecule has 9 atom stereocenters. The number of nitrogens with zero attached hydrogens (tertiary/aromatic N) is 6. The number of aryl methyl sites for hydroxylation is 1. The van der Waals surface area contributed by atoms with E-state index in [0.717, 1.165) is 65.6 Å². The van der Waals surface area contributed by atoms with Crippen LogP contribution in [-0.4, -0.2) is 161 Å². The molecule has 92 heavy (non-hydrogen) atoms. The number of benzene rings is 3. The third-order valence-corrected chi connectivity index (χ3v) is 20.3. The lowest BCUT2D eigenvalue weighted by Gasteiger charge is -2.69. The number of fused-ring (bicyclic) bond motifs is 2. The van der Waals surface area contributed by atoms with Crippen molar-refractivity contribution in [3.8, 4) is 11.1 Å². The summed E-state index contributed by atoms with van der Waals surface area (Å²) in [6.07, 6.45) is -1.05. The lowest BCUT2D eigenvalue weighted by Crippen LogP contribution is -2.64. The predicted octanol–water partition coefficient (Wildman–Crippen LogP) is 7.07. The number of aliphatic hydroxyl groups excluding tert-OH is 3. The van der Waals surface area contributed by atoms with Crippen LogP contribution in [0.25, 0.3) is 21.3 Å². The van der Waals surface area contributed by atoms with Crippen LogP contribution in [0.2, 0.25) is 0 Å². The third-order valence-electron chi connectivity index (χ3n) is 19.4. The van der Waals surface area contributed by atoms with Crippen LogP contribution in [0, 0.1) is 29.1 Å². The first kappa shape index (κ1) is 65.6. The number of likely N-dealkylation sites (N-methyl/N-ethyl adjacent to an activating group) is 1. The maximum absolute atomic E-state index is 13.8. The first-order chi connectivity index (χ1) is 43.6. The molecule has 4 amide bonds. The fourth-order valence-electron chi connectivity index (χ4n) is 15.9. The van der Waals surface area contributed by atoms with Gasteiger partial charge >= 0.3 is 18.0 Å². The number of aromatic nitrogens is 4. The number of rotatable bonds is 22. The van der Waals surface area contributed by atoms with Crippen LogP contribution in [0.3, 0.4) is 0 Å². The van der Waals surface area contributed by atoms with E-state index in [1.54, 1.807) is 51.4 Å². The molecule has 5 heterocycles. The largest absolute Gasteiger partial charge is 0.479 e. The zero-order chi connectivity index (χ0) is 65.8. The molecule has 4 aliphatic carbocycles. The summed E-state index contributed by atoms with van der Waals surface area (Å²) in [5.41, 5.74) is 11.7. The molecular formula is C67H82N10O14S. The van der Waals surface area contributed by atoms with Gasteiger partial charge in [-0.2, -0.15) is 5.10 Å². The van der Waals surface area contributed by atoms with E-state index >= 15 is 0 Å². The molecule has 12 rings (SSSR count). The monoisotopic (exact) mass is 1280 g/mol. The summed E-state index contributed by atoms with van der Waals surface area (Å²) in [5.74, 6) is -3.66. The zero-order valence-electron chi connectivity index (χ0n) is 52.8. The van der Waals surface area contributed by atoms with Gasteiger partial charge in [0.15, 0.2) is 16.9 Å². The smallest absolute Gasteiger partial charge is 0.409 e. The lowest BCUT2D eigenvalue weighted by molar-refractivity contribution is -0.248. The van der Waals surface area contributed by atoms with Crippen LogP contribution in [-0.2, 0) is 61.1 Å². The molecule has 3 aromatic heterocycles. The number of nitrogens with two attached hydrogens (primary N) is 1. The summed E-state index contributed by atoms with van der Waals surface area (Å²) in [6, 6.07) is 20.2. The first-order valence-electron chi connectivity index (χ1n) is 31.4. The number of pyridine rings is 1. The highest BCUT2D eigenvalue weighted by atomic mass is 32.1. The van der Waals surface area contributed by atoms with Crippen molar-refractivity contribution in [3.05, 3.63) is 118 Å². The van der Waals surface area contributed by atoms with Gasteiger partial charge < -0.3 is 65.9 Å². The number of thiazole rings is 1. The fraction of sp³-hybridized carbons (Fsp3) is 0.507. The van der Waals surface area contributed by atoms with Crippen molar-refractivity contribution >= 4 is 73.9 Å². The number of carbonyl (C=O) groups is 6. The molecule has 490 valence electrons. The van der Waals surface area contributed by atoms with E-state index in [2.05, 4.69) is 34.8 Å². The van der Waals surface area contributed by atoms with Gasteiger partial charge in [-0.1, -0.05) is 69.4 Å². The maximum atomic E-state index is 13.8. The molecule has 0 radical (unpaired) electrons. The van der Waals surface area contributed by atoms with Crippen LogP contribution in [0.5, 0.6) is 0 Å². The van der Waals surface area contributed by atoms with Gasteiger partial charge in [-0.3, -0.25) is 24.4 Å².